The average molecular weight is 235 g/mol. The molecule has 2 aliphatic rings. The van der Waals surface area contributed by atoms with Gasteiger partial charge in [0.2, 0.25) is 5.91 Å². The van der Waals surface area contributed by atoms with Gasteiger partial charge in [0.15, 0.2) is 5.82 Å². The van der Waals surface area contributed by atoms with Crippen LogP contribution in [0.25, 0.3) is 0 Å². The van der Waals surface area contributed by atoms with Crippen molar-refractivity contribution in [2.24, 2.45) is 0 Å². The molecule has 0 saturated carbocycles. The minimum Gasteiger partial charge on any atom is -0.350 e. The molecule has 1 aromatic rings. The standard InChI is InChI=1S/C11H13N3OS/c15-10-6-8-7-16-5-4-14(8)11-9(13-10)2-1-3-12-11/h1-3,8H,4-7H2,(H,13,15). The fourth-order valence-corrected chi connectivity index (χ4v) is 3.30. The first-order chi connectivity index (χ1) is 7.84. The molecular formula is C11H13N3OS. The molecule has 0 aromatic carbocycles. The lowest BCUT2D eigenvalue weighted by atomic mass is 10.2. The third kappa shape index (κ3) is 1.65. The number of hydrogen-bond donors (Lipinski definition) is 1. The number of aromatic nitrogens is 1. The highest BCUT2D eigenvalue weighted by molar-refractivity contribution is 7.99. The van der Waals surface area contributed by atoms with Crippen molar-refractivity contribution in [3.05, 3.63) is 18.3 Å². The van der Waals surface area contributed by atoms with Gasteiger partial charge in [0.05, 0.1) is 5.69 Å². The normalized spacial score (nSPS) is 24.1. The minimum atomic E-state index is 0.101. The molecule has 84 valence electrons. The predicted molar refractivity (Wildman–Crippen MR) is 65.9 cm³/mol. The van der Waals surface area contributed by atoms with Crippen molar-refractivity contribution in [2.45, 2.75) is 12.5 Å². The van der Waals surface area contributed by atoms with E-state index in [0.29, 0.717) is 12.5 Å². The molecule has 5 heteroatoms. The number of carbonyl (C=O) groups is 1. The van der Waals surface area contributed by atoms with Gasteiger partial charge in [-0.15, -0.1) is 0 Å². The SMILES string of the molecule is O=C1CC2CSCCN2c2ncccc2N1. The molecule has 3 rings (SSSR count). The van der Waals surface area contributed by atoms with Gasteiger partial charge in [-0.3, -0.25) is 4.79 Å². The van der Waals surface area contributed by atoms with Crippen molar-refractivity contribution in [3.8, 4) is 0 Å². The van der Waals surface area contributed by atoms with E-state index in [1.54, 1.807) is 6.20 Å². The molecule has 1 amide bonds. The van der Waals surface area contributed by atoms with Gasteiger partial charge < -0.3 is 10.2 Å². The van der Waals surface area contributed by atoms with Crippen molar-refractivity contribution in [3.63, 3.8) is 0 Å². The maximum atomic E-state index is 11.7. The molecule has 0 spiro atoms. The molecule has 1 unspecified atom stereocenters. The number of amides is 1. The highest BCUT2D eigenvalue weighted by Gasteiger charge is 2.30. The molecule has 4 nitrogen and oxygen atoms in total. The summed E-state index contributed by atoms with van der Waals surface area (Å²) in [6.45, 7) is 0.980. The van der Waals surface area contributed by atoms with Crippen molar-refractivity contribution < 1.29 is 4.79 Å². The van der Waals surface area contributed by atoms with Crippen LogP contribution in [0.1, 0.15) is 6.42 Å². The van der Waals surface area contributed by atoms with Crippen LogP contribution in [0.5, 0.6) is 0 Å². The van der Waals surface area contributed by atoms with Crippen LogP contribution >= 0.6 is 11.8 Å². The smallest absolute Gasteiger partial charge is 0.226 e. The number of anilines is 2. The number of thioether (sulfide) groups is 1. The molecule has 0 radical (unpaired) electrons. The molecule has 16 heavy (non-hydrogen) atoms. The summed E-state index contributed by atoms with van der Waals surface area (Å²) in [6.07, 6.45) is 2.36. The summed E-state index contributed by atoms with van der Waals surface area (Å²) in [5.74, 6) is 3.16. The van der Waals surface area contributed by atoms with Crippen molar-refractivity contribution in [2.75, 3.05) is 28.3 Å². The Morgan fingerprint density at radius 2 is 2.50 bits per heavy atom. The van der Waals surface area contributed by atoms with Crippen LogP contribution in [0.2, 0.25) is 0 Å². The van der Waals surface area contributed by atoms with E-state index in [0.717, 1.165) is 29.6 Å². The van der Waals surface area contributed by atoms with Gasteiger partial charge >= 0.3 is 0 Å². The predicted octanol–water partition coefficient (Wildman–Crippen LogP) is 1.35. The maximum Gasteiger partial charge on any atom is 0.226 e. The average Bonchev–Trinajstić information content (AvgIpc) is 2.44. The first-order valence-corrected chi connectivity index (χ1v) is 6.59. The van der Waals surface area contributed by atoms with Gasteiger partial charge in [0.25, 0.3) is 0 Å². The maximum absolute atomic E-state index is 11.7. The fourth-order valence-electron chi connectivity index (χ4n) is 2.24. The highest BCUT2D eigenvalue weighted by Crippen LogP contribution is 2.32. The van der Waals surface area contributed by atoms with E-state index in [2.05, 4.69) is 15.2 Å². The third-order valence-corrected chi connectivity index (χ3v) is 4.07. The zero-order chi connectivity index (χ0) is 11.0. The molecule has 0 bridgehead atoms. The fraction of sp³-hybridized carbons (Fsp3) is 0.455. The second kappa shape index (κ2) is 3.97. The molecule has 1 aromatic heterocycles. The zero-order valence-electron chi connectivity index (χ0n) is 8.85. The Bertz CT molecular complexity index is 423. The summed E-state index contributed by atoms with van der Waals surface area (Å²) in [6, 6.07) is 4.08. The Hall–Kier alpha value is -1.23. The number of rotatable bonds is 0. The Morgan fingerprint density at radius 3 is 3.44 bits per heavy atom. The first-order valence-electron chi connectivity index (χ1n) is 5.44. The summed E-state index contributed by atoms with van der Waals surface area (Å²) in [7, 11) is 0. The first kappa shape index (κ1) is 9.96. The van der Waals surface area contributed by atoms with Gasteiger partial charge in [-0.05, 0) is 12.1 Å². The van der Waals surface area contributed by atoms with E-state index < -0.39 is 0 Å². The quantitative estimate of drug-likeness (QED) is 0.737. The monoisotopic (exact) mass is 235 g/mol. The summed E-state index contributed by atoms with van der Waals surface area (Å²) in [5.41, 5.74) is 0.849. The van der Waals surface area contributed by atoms with Crippen molar-refractivity contribution in [1.29, 1.82) is 0 Å². The number of carbonyl (C=O) groups excluding carboxylic acids is 1. The van der Waals surface area contributed by atoms with Crippen LogP contribution in [0.15, 0.2) is 18.3 Å². The van der Waals surface area contributed by atoms with Crippen LogP contribution in [-0.2, 0) is 4.79 Å². The topological polar surface area (TPSA) is 45.2 Å². The lowest BCUT2D eigenvalue weighted by Gasteiger charge is -2.34. The number of fused-ring (bicyclic) bond motifs is 3. The second-order valence-corrected chi connectivity index (χ2v) is 5.20. The number of nitrogens with zero attached hydrogens (tertiary/aromatic N) is 2. The molecule has 1 saturated heterocycles. The van der Waals surface area contributed by atoms with Gasteiger partial charge in [0, 0.05) is 36.7 Å². The summed E-state index contributed by atoms with van der Waals surface area (Å²) in [5, 5.41) is 2.93. The molecule has 3 heterocycles. The number of nitrogens with one attached hydrogen (secondary N) is 1. The Labute approximate surface area is 98.4 Å². The molecule has 0 aliphatic carbocycles. The minimum absolute atomic E-state index is 0.101. The lowest BCUT2D eigenvalue weighted by Crippen LogP contribution is -2.43. The zero-order valence-corrected chi connectivity index (χ0v) is 9.67. The molecule has 1 N–H and O–H groups in total. The van der Waals surface area contributed by atoms with Gasteiger partial charge in [-0.2, -0.15) is 11.8 Å². The third-order valence-electron chi connectivity index (χ3n) is 2.98. The number of pyridine rings is 1. The Morgan fingerprint density at radius 1 is 1.56 bits per heavy atom. The molecule has 2 aliphatic heterocycles. The van der Waals surface area contributed by atoms with E-state index in [1.807, 2.05) is 23.9 Å². The Kier molecular flexibility index (Phi) is 2.47. The van der Waals surface area contributed by atoms with Crippen LogP contribution in [0.3, 0.4) is 0 Å². The van der Waals surface area contributed by atoms with Crippen molar-refractivity contribution in [1.82, 2.24) is 4.98 Å². The van der Waals surface area contributed by atoms with Crippen LogP contribution in [-0.4, -0.2) is 35.0 Å². The molecular weight excluding hydrogens is 222 g/mol. The van der Waals surface area contributed by atoms with Gasteiger partial charge in [-0.25, -0.2) is 4.98 Å². The summed E-state index contributed by atoms with van der Waals surface area (Å²) < 4.78 is 0. The summed E-state index contributed by atoms with van der Waals surface area (Å²) in [4.78, 5) is 18.4. The largest absolute Gasteiger partial charge is 0.350 e. The van der Waals surface area contributed by atoms with E-state index in [1.165, 1.54) is 0 Å². The second-order valence-electron chi connectivity index (χ2n) is 4.05. The van der Waals surface area contributed by atoms with Crippen LogP contribution in [0.4, 0.5) is 11.5 Å². The lowest BCUT2D eigenvalue weighted by molar-refractivity contribution is -0.116. The van der Waals surface area contributed by atoms with Crippen LogP contribution < -0.4 is 10.2 Å². The Balaban J connectivity index is 2.04. The number of hydrogen-bond acceptors (Lipinski definition) is 4. The van der Waals surface area contributed by atoms with Crippen LogP contribution in [0, 0.1) is 0 Å². The van der Waals surface area contributed by atoms with E-state index >= 15 is 0 Å². The summed E-state index contributed by atoms with van der Waals surface area (Å²) >= 11 is 1.92. The van der Waals surface area contributed by atoms with Crippen molar-refractivity contribution >= 4 is 29.2 Å². The highest BCUT2D eigenvalue weighted by atomic mass is 32.2. The van der Waals surface area contributed by atoms with E-state index in [4.69, 9.17) is 0 Å². The molecule has 1 fully saturated rings. The van der Waals surface area contributed by atoms with E-state index in [-0.39, 0.29) is 5.91 Å². The van der Waals surface area contributed by atoms with E-state index in [9.17, 15) is 4.79 Å². The van der Waals surface area contributed by atoms with Gasteiger partial charge in [0.1, 0.15) is 0 Å². The van der Waals surface area contributed by atoms with Gasteiger partial charge in [-0.1, -0.05) is 0 Å². The molecule has 1 atom stereocenters.